The molecule has 0 bridgehead atoms. The second kappa shape index (κ2) is 8.60. The van der Waals surface area contributed by atoms with E-state index in [0.717, 1.165) is 36.4 Å². The number of nitrogens with one attached hydrogen (secondary N) is 2. The summed E-state index contributed by atoms with van der Waals surface area (Å²) in [4.78, 5) is 28.2. The van der Waals surface area contributed by atoms with Gasteiger partial charge in [-0.15, -0.1) is 0 Å². The average Bonchev–Trinajstić information content (AvgIpc) is 3.10. The summed E-state index contributed by atoms with van der Waals surface area (Å²) in [5, 5.41) is 3.67. The summed E-state index contributed by atoms with van der Waals surface area (Å²) in [5.74, 6) is -0.648. The first-order valence-corrected chi connectivity index (χ1v) is 12.5. The Bertz CT molecular complexity index is 1330. The SMILES string of the molecule is CC1CCc2[nH]c3ccc(C(=O)OCC(=O)Nc4cc(S(C)(=O)=O)ccc4Cl)cc3c2C1. The van der Waals surface area contributed by atoms with Crippen LogP contribution in [0.1, 0.15) is 35.0 Å². The van der Waals surface area contributed by atoms with Crippen molar-refractivity contribution in [3.05, 3.63) is 58.2 Å². The summed E-state index contributed by atoms with van der Waals surface area (Å²) >= 11 is 6.04. The minimum absolute atomic E-state index is 0.0200. The first-order valence-electron chi connectivity index (χ1n) is 10.2. The number of rotatable bonds is 5. The Morgan fingerprint density at radius 1 is 1.22 bits per heavy atom. The molecule has 1 atom stereocenters. The largest absolute Gasteiger partial charge is 0.452 e. The van der Waals surface area contributed by atoms with Crippen LogP contribution in [0, 0.1) is 5.92 Å². The first kappa shape index (κ1) is 22.4. The normalized spacial score (nSPS) is 15.9. The third-order valence-corrected chi connectivity index (χ3v) is 7.08. The van der Waals surface area contributed by atoms with Crippen LogP contribution in [0.15, 0.2) is 41.3 Å². The van der Waals surface area contributed by atoms with E-state index in [4.69, 9.17) is 16.3 Å². The van der Waals surface area contributed by atoms with Crippen LogP contribution < -0.4 is 5.32 Å². The maximum atomic E-state index is 12.5. The van der Waals surface area contributed by atoms with Gasteiger partial charge in [-0.3, -0.25) is 4.79 Å². The second-order valence-electron chi connectivity index (χ2n) is 8.23. The van der Waals surface area contributed by atoms with Gasteiger partial charge in [0.05, 0.1) is 21.2 Å². The van der Waals surface area contributed by atoms with Gasteiger partial charge in [-0.2, -0.15) is 0 Å². The number of hydrogen-bond donors (Lipinski definition) is 2. The molecule has 0 aliphatic heterocycles. The van der Waals surface area contributed by atoms with E-state index in [1.165, 1.54) is 29.5 Å². The van der Waals surface area contributed by atoms with Gasteiger partial charge in [-0.1, -0.05) is 18.5 Å². The number of ether oxygens (including phenoxy) is 1. The third-order valence-electron chi connectivity index (χ3n) is 5.64. The highest BCUT2D eigenvalue weighted by Gasteiger charge is 2.21. The predicted octanol–water partition coefficient (Wildman–Crippen LogP) is 4.15. The fourth-order valence-electron chi connectivity index (χ4n) is 3.95. The van der Waals surface area contributed by atoms with Crippen molar-refractivity contribution in [3.8, 4) is 0 Å². The molecule has 168 valence electrons. The molecular weight excluding hydrogens is 452 g/mol. The molecule has 2 N–H and O–H groups in total. The molecule has 9 heteroatoms. The molecule has 1 amide bonds. The number of carbonyl (C=O) groups excluding carboxylic acids is 2. The van der Waals surface area contributed by atoms with E-state index in [1.807, 2.05) is 6.07 Å². The summed E-state index contributed by atoms with van der Waals surface area (Å²) in [7, 11) is -3.46. The Kier molecular flexibility index (Phi) is 6.01. The number of benzene rings is 2. The molecule has 0 saturated carbocycles. The molecule has 1 aliphatic rings. The Hall–Kier alpha value is -2.84. The number of anilines is 1. The Balaban J connectivity index is 1.44. The van der Waals surface area contributed by atoms with E-state index in [0.29, 0.717) is 11.5 Å². The Labute approximate surface area is 191 Å². The molecule has 7 nitrogen and oxygen atoms in total. The number of halogens is 1. The molecule has 3 aromatic rings. The van der Waals surface area contributed by atoms with Crippen LogP contribution in [-0.4, -0.2) is 38.1 Å². The van der Waals surface area contributed by atoms with Crippen LogP contribution in [-0.2, 0) is 32.2 Å². The number of carbonyl (C=O) groups is 2. The van der Waals surface area contributed by atoms with E-state index >= 15 is 0 Å². The number of fused-ring (bicyclic) bond motifs is 3. The van der Waals surface area contributed by atoms with Crippen molar-refractivity contribution in [3.63, 3.8) is 0 Å². The van der Waals surface area contributed by atoms with E-state index in [1.54, 1.807) is 12.1 Å². The number of aromatic amines is 1. The molecule has 1 aliphatic carbocycles. The standard InChI is InChI=1S/C23H23ClN2O5S/c1-13-3-7-19-16(9-13)17-10-14(4-8-20(17)25-19)23(28)31-12-22(27)26-21-11-15(32(2,29)30)5-6-18(21)24/h4-6,8,10-11,13,25H,3,7,9,12H2,1-2H3,(H,26,27). The fourth-order valence-corrected chi connectivity index (χ4v) is 4.76. The van der Waals surface area contributed by atoms with Crippen molar-refractivity contribution in [2.45, 2.75) is 31.1 Å². The van der Waals surface area contributed by atoms with Gasteiger partial charge >= 0.3 is 5.97 Å². The molecule has 1 heterocycles. The second-order valence-corrected chi connectivity index (χ2v) is 10.7. The number of esters is 1. The zero-order valence-electron chi connectivity index (χ0n) is 17.7. The lowest BCUT2D eigenvalue weighted by Gasteiger charge is -2.18. The topological polar surface area (TPSA) is 105 Å². The third kappa shape index (κ3) is 4.66. The summed E-state index contributed by atoms with van der Waals surface area (Å²) in [6.45, 7) is 1.69. The maximum Gasteiger partial charge on any atom is 0.338 e. The zero-order chi connectivity index (χ0) is 23.0. The van der Waals surface area contributed by atoms with Crippen LogP contribution in [0.2, 0.25) is 5.02 Å². The Morgan fingerprint density at radius 2 is 2.00 bits per heavy atom. The zero-order valence-corrected chi connectivity index (χ0v) is 19.3. The van der Waals surface area contributed by atoms with Crippen molar-refractivity contribution < 1.29 is 22.7 Å². The molecular formula is C23H23ClN2O5S. The molecule has 1 unspecified atom stereocenters. The van der Waals surface area contributed by atoms with E-state index < -0.39 is 28.3 Å². The van der Waals surface area contributed by atoms with E-state index in [2.05, 4.69) is 17.2 Å². The van der Waals surface area contributed by atoms with Crippen LogP contribution in [0.25, 0.3) is 10.9 Å². The fraction of sp³-hybridized carbons (Fsp3) is 0.304. The quantitative estimate of drug-likeness (QED) is 0.540. The lowest BCUT2D eigenvalue weighted by atomic mass is 9.87. The van der Waals surface area contributed by atoms with Crippen molar-refractivity contribution >= 4 is 49.9 Å². The maximum absolute atomic E-state index is 12.5. The van der Waals surface area contributed by atoms with E-state index in [9.17, 15) is 18.0 Å². The van der Waals surface area contributed by atoms with Gasteiger partial charge < -0.3 is 15.0 Å². The van der Waals surface area contributed by atoms with Gasteiger partial charge in [0.15, 0.2) is 16.4 Å². The number of aromatic nitrogens is 1. The van der Waals surface area contributed by atoms with Gasteiger partial charge in [0.25, 0.3) is 5.91 Å². The average molecular weight is 475 g/mol. The van der Waals surface area contributed by atoms with Crippen LogP contribution in [0.3, 0.4) is 0 Å². The number of aryl methyl sites for hydroxylation is 1. The van der Waals surface area contributed by atoms with Gasteiger partial charge in [-0.05, 0) is 67.1 Å². The van der Waals surface area contributed by atoms with Crippen molar-refractivity contribution in [2.24, 2.45) is 5.92 Å². The van der Waals surface area contributed by atoms with Crippen molar-refractivity contribution in [1.29, 1.82) is 0 Å². The lowest BCUT2D eigenvalue weighted by Crippen LogP contribution is -2.21. The first-order chi connectivity index (χ1) is 15.1. The monoisotopic (exact) mass is 474 g/mol. The number of H-pyrrole nitrogens is 1. The van der Waals surface area contributed by atoms with Crippen LogP contribution >= 0.6 is 11.6 Å². The molecule has 0 radical (unpaired) electrons. The van der Waals surface area contributed by atoms with Gasteiger partial charge in [0, 0.05) is 22.9 Å². The molecule has 0 spiro atoms. The summed E-state index contributed by atoms with van der Waals surface area (Å²) in [6, 6.07) is 9.32. The molecule has 4 rings (SSSR count). The summed E-state index contributed by atoms with van der Waals surface area (Å²) in [6.07, 6.45) is 4.15. The summed E-state index contributed by atoms with van der Waals surface area (Å²) in [5.41, 5.74) is 3.94. The number of hydrogen-bond acceptors (Lipinski definition) is 5. The molecule has 32 heavy (non-hydrogen) atoms. The minimum atomic E-state index is -3.46. The Morgan fingerprint density at radius 3 is 2.75 bits per heavy atom. The molecule has 0 fully saturated rings. The highest BCUT2D eigenvalue weighted by molar-refractivity contribution is 7.90. The van der Waals surface area contributed by atoms with Crippen LogP contribution in [0.4, 0.5) is 5.69 Å². The number of amides is 1. The minimum Gasteiger partial charge on any atom is -0.452 e. The molecule has 1 aromatic heterocycles. The smallest absolute Gasteiger partial charge is 0.338 e. The van der Waals surface area contributed by atoms with E-state index in [-0.39, 0.29) is 15.6 Å². The van der Waals surface area contributed by atoms with Gasteiger partial charge in [0.2, 0.25) is 0 Å². The van der Waals surface area contributed by atoms with Crippen LogP contribution in [0.5, 0.6) is 0 Å². The predicted molar refractivity (Wildman–Crippen MR) is 123 cm³/mol. The highest BCUT2D eigenvalue weighted by Crippen LogP contribution is 2.32. The molecule has 0 saturated heterocycles. The number of sulfone groups is 1. The van der Waals surface area contributed by atoms with Gasteiger partial charge in [-0.25, -0.2) is 13.2 Å². The highest BCUT2D eigenvalue weighted by atomic mass is 35.5. The molecule has 2 aromatic carbocycles. The van der Waals surface area contributed by atoms with Crippen molar-refractivity contribution in [1.82, 2.24) is 4.98 Å². The summed E-state index contributed by atoms with van der Waals surface area (Å²) < 4.78 is 28.6. The van der Waals surface area contributed by atoms with Crippen molar-refractivity contribution in [2.75, 3.05) is 18.2 Å². The lowest BCUT2D eigenvalue weighted by molar-refractivity contribution is -0.119. The van der Waals surface area contributed by atoms with Gasteiger partial charge in [0.1, 0.15) is 0 Å².